The molecule has 7 heteroatoms. The Morgan fingerprint density at radius 3 is 2.77 bits per heavy atom. The molecule has 1 atom stereocenters. The third kappa shape index (κ3) is 3.73. The zero-order chi connectivity index (χ0) is 18.5. The second kappa shape index (κ2) is 7.79. The van der Waals surface area contributed by atoms with Crippen LogP contribution in [0.4, 0.5) is 5.69 Å². The highest BCUT2D eigenvalue weighted by Gasteiger charge is 2.19. The molecule has 0 fully saturated rings. The molecule has 1 heterocycles. The Kier molecular flexibility index (Phi) is 5.28. The smallest absolute Gasteiger partial charge is 0.340 e. The molecule has 0 bridgehead atoms. The molecule has 0 aliphatic heterocycles. The molecule has 0 saturated heterocycles. The molecule has 0 radical (unpaired) electrons. The van der Waals surface area contributed by atoms with E-state index in [0.717, 1.165) is 0 Å². The molecule has 0 aliphatic carbocycles. The van der Waals surface area contributed by atoms with E-state index in [9.17, 15) is 9.59 Å². The number of aromatic nitrogens is 2. The fourth-order valence-electron chi connectivity index (χ4n) is 2.58. The van der Waals surface area contributed by atoms with E-state index in [1.807, 2.05) is 0 Å². The lowest BCUT2D eigenvalue weighted by molar-refractivity contribution is 0.0321. The van der Waals surface area contributed by atoms with Crippen LogP contribution in [0.3, 0.4) is 0 Å². The van der Waals surface area contributed by atoms with E-state index in [1.165, 1.54) is 0 Å². The molecule has 3 aromatic rings. The van der Waals surface area contributed by atoms with Crippen molar-refractivity contribution < 1.29 is 14.6 Å². The number of carbonyl (C=O) groups is 1. The van der Waals surface area contributed by atoms with E-state index in [0.29, 0.717) is 28.7 Å². The van der Waals surface area contributed by atoms with Crippen molar-refractivity contribution in [1.29, 1.82) is 0 Å². The average molecular weight is 353 g/mol. The molecule has 3 N–H and O–H groups in total. The lowest BCUT2D eigenvalue weighted by Gasteiger charge is -2.15. The highest BCUT2D eigenvalue weighted by Crippen LogP contribution is 2.20. The standard InChI is InChI=1S/C19H19N3O4/c1-12(17-21-16-9-5-2-6-13(16)18(24)22-17)26-19(25)14-7-3-4-8-15(14)20-10-11-23/h2-9,12,20,23H,10-11H2,1H3,(H,21,22,24). The normalized spacial score (nSPS) is 11.9. The van der Waals surface area contributed by atoms with Crippen LogP contribution in [0.2, 0.25) is 0 Å². The predicted molar refractivity (Wildman–Crippen MR) is 98.2 cm³/mol. The number of fused-ring (bicyclic) bond motifs is 1. The number of nitrogens with zero attached hydrogens (tertiary/aromatic N) is 1. The van der Waals surface area contributed by atoms with E-state index in [4.69, 9.17) is 9.84 Å². The number of carbonyl (C=O) groups excluding carboxylic acids is 1. The SMILES string of the molecule is CC(OC(=O)c1ccccc1NCCO)c1nc2ccccc2c(=O)[nH]1. The predicted octanol–water partition coefficient (Wildman–Crippen LogP) is 2.25. The number of esters is 1. The van der Waals surface area contributed by atoms with Crippen LogP contribution in [0.5, 0.6) is 0 Å². The molecule has 1 aromatic heterocycles. The summed E-state index contributed by atoms with van der Waals surface area (Å²) >= 11 is 0. The van der Waals surface area contributed by atoms with Crippen molar-refractivity contribution in [2.45, 2.75) is 13.0 Å². The van der Waals surface area contributed by atoms with Crippen LogP contribution in [0.1, 0.15) is 29.2 Å². The number of hydrogen-bond acceptors (Lipinski definition) is 6. The highest BCUT2D eigenvalue weighted by atomic mass is 16.5. The van der Waals surface area contributed by atoms with E-state index in [-0.39, 0.29) is 18.0 Å². The minimum atomic E-state index is -0.731. The van der Waals surface area contributed by atoms with Crippen LogP contribution in [-0.2, 0) is 4.74 Å². The molecule has 0 saturated carbocycles. The minimum Gasteiger partial charge on any atom is -0.451 e. The summed E-state index contributed by atoms with van der Waals surface area (Å²) < 4.78 is 5.47. The summed E-state index contributed by atoms with van der Waals surface area (Å²) in [6, 6.07) is 13.8. The van der Waals surface area contributed by atoms with Gasteiger partial charge in [-0.2, -0.15) is 0 Å². The first kappa shape index (κ1) is 17.6. The van der Waals surface area contributed by atoms with Crippen molar-refractivity contribution in [3.05, 3.63) is 70.3 Å². The second-order valence-electron chi connectivity index (χ2n) is 5.71. The summed E-state index contributed by atoms with van der Waals surface area (Å²) in [7, 11) is 0. The molecule has 7 nitrogen and oxygen atoms in total. The summed E-state index contributed by atoms with van der Waals surface area (Å²) in [4.78, 5) is 31.7. The van der Waals surface area contributed by atoms with Gasteiger partial charge in [0.15, 0.2) is 11.9 Å². The summed E-state index contributed by atoms with van der Waals surface area (Å²) in [6.45, 7) is 1.91. The molecule has 0 amide bonds. The van der Waals surface area contributed by atoms with Gasteiger partial charge in [0.25, 0.3) is 5.56 Å². The lowest BCUT2D eigenvalue weighted by atomic mass is 10.1. The van der Waals surface area contributed by atoms with Crippen molar-refractivity contribution in [2.24, 2.45) is 0 Å². The largest absolute Gasteiger partial charge is 0.451 e. The zero-order valence-electron chi connectivity index (χ0n) is 14.2. The maximum atomic E-state index is 12.5. The van der Waals surface area contributed by atoms with E-state index >= 15 is 0 Å². The Morgan fingerprint density at radius 2 is 1.96 bits per heavy atom. The van der Waals surface area contributed by atoms with E-state index in [1.54, 1.807) is 55.5 Å². The highest BCUT2D eigenvalue weighted by molar-refractivity contribution is 5.95. The molecule has 2 aromatic carbocycles. The van der Waals surface area contributed by atoms with Crippen LogP contribution >= 0.6 is 0 Å². The van der Waals surface area contributed by atoms with Gasteiger partial charge in [-0.3, -0.25) is 4.79 Å². The van der Waals surface area contributed by atoms with Gasteiger partial charge in [-0.1, -0.05) is 24.3 Å². The minimum absolute atomic E-state index is 0.0535. The number of aliphatic hydroxyl groups is 1. The lowest BCUT2D eigenvalue weighted by Crippen LogP contribution is -2.18. The summed E-state index contributed by atoms with van der Waals surface area (Å²) in [5.41, 5.74) is 1.17. The van der Waals surface area contributed by atoms with Gasteiger partial charge in [-0.05, 0) is 31.2 Å². The molecular formula is C19H19N3O4. The number of rotatable bonds is 6. The molecule has 3 rings (SSSR count). The van der Waals surface area contributed by atoms with Gasteiger partial charge < -0.3 is 20.1 Å². The van der Waals surface area contributed by atoms with Gasteiger partial charge in [-0.25, -0.2) is 9.78 Å². The fourth-order valence-corrected chi connectivity index (χ4v) is 2.58. The topological polar surface area (TPSA) is 104 Å². The molecule has 26 heavy (non-hydrogen) atoms. The summed E-state index contributed by atoms with van der Waals surface area (Å²) in [5.74, 6) is -0.266. The first-order valence-corrected chi connectivity index (χ1v) is 8.24. The number of anilines is 1. The van der Waals surface area contributed by atoms with E-state index < -0.39 is 12.1 Å². The number of hydrogen-bond donors (Lipinski definition) is 3. The Balaban J connectivity index is 1.83. The van der Waals surface area contributed by atoms with Crippen LogP contribution < -0.4 is 10.9 Å². The van der Waals surface area contributed by atoms with Gasteiger partial charge in [-0.15, -0.1) is 0 Å². The third-order valence-electron chi connectivity index (χ3n) is 3.87. The zero-order valence-corrected chi connectivity index (χ0v) is 14.2. The number of aliphatic hydroxyl groups excluding tert-OH is 1. The quantitative estimate of drug-likeness (QED) is 0.587. The number of para-hydroxylation sites is 2. The number of aromatic amines is 1. The Hall–Kier alpha value is -3.19. The van der Waals surface area contributed by atoms with Crippen LogP contribution in [0.25, 0.3) is 10.9 Å². The monoisotopic (exact) mass is 353 g/mol. The molecule has 1 unspecified atom stereocenters. The summed E-state index contributed by atoms with van der Waals surface area (Å²) in [5, 5.41) is 12.4. The Morgan fingerprint density at radius 1 is 1.23 bits per heavy atom. The average Bonchev–Trinajstić information content (AvgIpc) is 2.66. The van der Waals surface area contributed by atoms with Gasteiger partial charge >= 0.3 is 5.97 Å². The third-order valence-corrected chi connectivity index (χ3v) is 3.87. The van der Waals surface area contributed by atoms with Gasteiger partial charge in [0.2, 0.25) is 0 Å². The van der Waals surface area contributed by atoms with Gasteiger partial charge in [0.05, 0.1) is 23.1 Å². The van der Waals surface area contributed by atoms with Crippen molar-refractivity contribution in [3.8, 4) is 0 Å². The maximum absolute atomic E-state index is 12.5. The molecule has 0 aliphatic rings. The molecule has 0 spiro atoms. The first-order valence-electron chi connectivity index (χ1n) is 8.24. The van der Waals surface area contributed by atoms with Crippen molar-refractivity contribution in [1.82, 2.24) is 9.97 Å². The van der Waals surface area contributed by atoms with Gasteiger partial charge in [0, 0.05) is 12.2 Å². The Labute approximate surface area is 149 Å². The number of ether oxygens (including phenoxy) is 1. The fraction of sp³-hybridized carbons (Fsp3) is 0.211. The van der Waals surface area contributed by atoms with E-state index in [2.05, 4.69) is 15.3 Å². The number of nitrogens with one attached hydrogen (secondary N) is 2. The molecular weight excluding hydrogens is 334 g/mol. The van der Waals surface area contributed by atoms with Crippen molar-refractivity contribution in [3.63, 3.8) is 0 Å². The van der Waals surface area contributed by atoms with Crippen LogP contribution in [0, 0.1) is 0 Å². The summed E-state index contributed by atoms with van der Waals surface area (Å²) in [6.07, 6.45) is -0.731. The first-order chi connectivity index (χ1) is 12.6. The van der Waals surface area contributed by atoms with Gasteiger partial charge in [0.1, 0.15) is 0 Å². The van der Waals surface area contributed by atoms with Crippen LogP contribution in [0.15, 0.2) is 53.3 Å². The van der Waals surface area contributed by atoms with Crippen molar-refractivity contribution in [2.75, 3.05) is 18.5 Å². The second-order valence-corrected chi connectivity index (χ2v) is 5.71. The number of benzene rings is 2. The van der Waals surface area contributed by atoms with Crippen LogP contribution in [-0.4, -0.2) is 34.2 Å². The Bertz CT molecular complexity index is 984. The maximum Gasteiger partial charge on any atom is 0.340 e. The number of H-pyrrole nitrogens is 1. The van der Waals surface area contributed by atoms with Crippen molar-refractivity contribution >= 4 is 22.6 Å². The molecule has 134 valence electrons.